The Kier molecular flexibility index (Phi) is 6.36. The van der Waals surface area contributed by atoms with E-state index in [4.69, 9.17) is 9.72 Å². The summed E-state index contributed by atoms with van der Waals surface area (Å²) in [6.45, 7) is 5.30. The Morgan fingerprint density at radius 2 is 2.05 bits per heavy atom. The number of benzene rings is 1. The van der Waals surface area contributed by atoms with Crippen molar-refractivity contribution in [3.8, 4) is 11.3 Å². The van der Waals surface area contributed by atoms with E-state index in [0.29, 0.717) is 6.04 Å². The molecule has 0 radical (unpaired) electrons. The first-order valence-electron chi connectivity index (χ1n) is 7.50. The predicted molar refractivity (Wildman–Crippen MR) is 89.8 cm³/mol. The summed E-state index contributed by atoms with van der Waals surface area (Å²) in [5.74, 6) is 0. The van der Waals surface area contributed by atoms with Crippen LogP contribution in [0, 0.1) is 0 Å². The molecular formula is C17H24N2OS. The molecule has 21 heavy (non-hydrogen) atoms. The molecule has 0 saturated heterocycles. The minimum atomic E-state index is 0.181. The minimum Gasteiger partial charge on any atom is -0.380 e. The zero-order chi connectivity index (χ0) is 15.1. The Balaban J connectivity index is 2.05. The van der Waals surface area contributed by atoms with E-state index in [0.717, 1.165) is 30.1 Å². The van der Waals surface area contributed by atoms with Gasteiger partial charge in [-0.15, -0.1) is 11.3 Å². The molecule has 0 amide bonds. The molecule has 0 aliphatic heterocycles. The second-order valence-corrected chi connectivity index (χ2v) is 6.14. The first-order chi connectivity index (χ1) is 10.2. The van der Waals surface area contributed by atoms with E-state index in [9.17, 15) is 0 Å². The average Bonchev–Trinajstić information content (AvgIpc) is 3.00. The summed E-state index contributed by atoms with van der Waals surface area (Å²) in [5, 5.41) is 6.86. The van der Waals surface area contributed by atoms with Gasteiger partial charge in [0.2, 0.25) is 0 Å². The number of rotatable bonds is 8. The number of nitrogens with one attached hydrogen (secondary N) is 1. The van der Waals surface area contributed by atoms with E-state index < -0.39 is 0 Å². The van der Waals surface area contributed by atoms with Crippen molar-refractivity contribution in [2.24, 2.45) is 0 Å². The van der Waals surface area contributed by atoms with Crippen LogP contribution in [0.4, 0.5) is 0 Å². The van der Waals surface area contributed by atoms with E-state index in [1.807, 2.05) is 18.2 Å². The van der Waals surface area contributed by atoms with Crippen LogP contribution in [0.15, 0.2) is 35.7 Å². The summed E-state index contributed by atoms with van der Waals surface area (Å²) in [6.07, 6.45) is 2.22. The van der Waals surface area contributed by atoms with Gasteiger partial charge in [-0.1, -0.05) is 37.3 Å². The van der Waals surface area contributed by atoms with E-state index in [2.05, 4.69) is 36.7 Å². The molecule has 2 aromatic rings. The molecule has 1 aromatic carbocycles. The van der Waals surface area contributed by atoms with Crippen LogP contribution < -0.4 is 5.32 Å². The third-order valence-electron chi connectivity index (χ3n) is 3.61. The van der Waals surface area contributed by atoms with Gasteiger partial charge in [-0.2, -0.15) is 0 Å². The summed E-state index contributed by atoms with van der Waals surface area (Å²) in [7, 11) is 1.77. The highest BCUT2D eigenvalue weighted by molar-refractivity contribution is 7.09. The van der Waals surface area contributed by atoms with Crippen molar-refractivity contribution < 1.29 is 4.74 Å². The van der Waals surface area contributed by atoms with Gasteiger partial charge in [0.15, 0.2) is 0 Å². The number of aromatic nitrogens is 1. The SMILES string of the molecule is CCCNC(Cc1nc(-c2ccccc2)cs1)C(C)OC. The van der Waals surface area contributed by atoms with Crippen molar-refractivity contribution in [1.29, 1.82) is 0 Å². The van der Waals surface area contributed by atoms with Gasteiger partial charge in [0.25, 0.3) is 0 Å². The molecule has 0 aliphatic rings. The number of nitrogens with zero attached hydrogens (tertiary/aromatic N) is 1. The maximum absolute atomic E-state index is 5.49. The van der Waals surface area contributed by atoms with Gasteiger partial charge in [-0.05, 0) is 19.9 Å². The molecule has 0 fully saturated rings. The molecule has 0 spiro atoms. The lowest BCUT2D eigenvalue weighted by Gasteiger charge is -2.23. The Hall–Kier alpha value is -1.23. The van der Waals surface area contributed by atoms with Gasteiger partial charge in [0.05, 0.1) is 16.8 Å². The topological polar surface area (TPSA) is 34.2 Å². The Labute approximate surface area is 131 Å². The third-order valence-corrected chi connectivity index (χ3v) is 4.48. The van der Waals surface area contributed by atoms with Crippen LogP contribution in [0.2, 0.25) is 0 Å². The Morgan fingerprint density at radius 1 is 1.29 bits per heavy atom. The predicted octanol–water partition coefficient (Wildman–Crippen LogP) is 3.76. The van der Waals surface area contributed by atoms with Gasteiger partial charge in [-0.25, -0.2) is 4.98 Å². The number of ether oxygens (including phenoxy) is 1. The van der Waals surface area contributed by atoms with Gasteiger partial charge in [0, 0.05) is 30.5 Å². The number of thiazole rings is 1. The molecule has 0 bridgehead atoms. The molecule has 2 atom stereocenters. The summed E-state index contributed by atoms with van der Waals surface area (Å²) in [6, 6.07) is 10.6. The fourth-order valence-corrected chi connectivity index (χ4v) is 3.10. The average molecular weight is 304 g/mol. The highest BCUT2D eigenvalue weighted by Gasteiger charge is 2.18. The highest BCUT2D eigenvalue weighted by atomic mass is 32.1. The molecule has 4 heteroatoms. The zero-order valence-electron chi connectivity index (χ0n) is 13.0. The highest BCUT2D eigenvalue weighted by Crippen LogP contribution is 2.22. The lowest BCUT2D eigenvalue weighted by molar-refractivity contribution is 0.0830. The normalized spacial score (nSPS) is 14.0. The summed E-state index contributed by atoms with van der Waals surface area (Å²) < 4.78 is 5.49. The Bertz CT molecular complexity index is 527. The van der Waals surface area contributed by atoms with Crippen LogP contribution in [-0.2, 0) is 11.2 Å². The zero-order valence-corrected chi connectivity index (χ0v) is 13.8. The largest absolute Gasteiger partial charge is 0.380 e. The molecule has 2 rings (SSSR count). The van der Waals surface area contributed by atoms with Crippen molar-refractivity contribution >= 4 is 11.3 Å². The number of methoxy groups -OCH3 is 1. The molecule has 1 N–H and O–H groups in total. The van der Waals surface area contributed by atoms with Gasteiger partial charge < -0.3 is 10.1 Å². The standard InChI is InChI=1S/C17H24N2OS/c1-4-10-18-15(13(2)20-3)11-17-19-16(12-21-17)14-8-6-5-7-9-14/h5-9,12-13,15,18H,4,10-11H2,1-3H3. The van der Waals surface area contributed by atoms with Crippen molar-refractivity contribution in [1.82, 2.24) is 10.3 Å². The molecule has 0 aliphatic carbocycles. The van der Waals surface area contributed by atoms with Crippen LogP contribution in [0.3, 0.4) is 0 Å². The lowest BCUT2D eigenvalue weighted by Crippen LogP contribution is -2.41. The van der Waals surface area contributed by atoms with Gasteiger partial charge >= 0.3 is 0 Å². The second-order valence-electron chi connectivity index (χ2n) is 5.20. The van der Waals surface area contributed by atoms with Crippen LogP contribution >= 0.6 is 11.3 Å². The number of hydrogen-bond donors (Lipinski definition) is 1. The smallest absolute Gasteiger partial charge is 0.0949 e. The molecule has 2 unspecified atom stereocenters. The quantitative estimate of drug-likeness (QED) is 0.806. The van der Waals surface area contributed by atoms with Gasteiger partial charge in [0.1, 0.15) is 0 Å². The molecule has 1 aromatic heterocycles. The van der Waals surface area contributed by atoms with Gasteiger partial charge in [-0.3, -0.25) is 0 Å². The van der Waals surface area contributed by atoms with E-state index in [-0.39, 0.29) is 6.10 Å². The van der Waals surface area contributed by atoms with Crippen molar-refractivity contribution in [2.75, 3.05) is 13.7 Å². The van der Waals surface area contributed by atoms with E-state index >= 15 is 0 Å². The summed E-state index contributed by atoms with van der Waals surface area (Å²) in [5.41, 5.74) is 2.24. The fourth-order valence-electron chi connectivity index (χ4n) is 2.23. The molecule has 1 heterocycles. The lowest BCUT2D eigenvalue weighted by atomic mass is 10.1. The van der Waals surface area contributed by atoms with Crippen LogP contribution in [-0.4, -0.2) is 30.8 Å². The molecule has 3 nitrogen and oxygen atoms in total. The Morgan fingerprint density at radius 3 is 2.71 bits per heavy atom. The first kappa shape index (κ1) is 16.1. The van der Waals surface area contributed by atoms with Crippen LogP contribution in [0.5, 0.6) is 0 Å². The fraction of sp³-hybridized carbons (Fsp3) is 0.471. The first-order valence-corrected chi connectivity index (χ1v) is 8.38. The second kappa shape index (κ2) is 8.27. The molecule has 0 saturated carbocycles. The van der Waals surface area contributed by atoms with Crippen molar-refractivity contribution in [2.45, 2.75) is 38.8 Å². The summed E-state index contributed by atoms with van der Waals surface area (Å²) in [4.78, 5) is 4.77. The van der Waals surface area contributed by atoms with Crippen molar-refractivity contribution in [3.63, 3.8) is 0 Å². The molecule has 114 valence electrons. The number of hydrogen-bond acceptors (Lipinski definition) is 4. The van der Waals surface area contributed by atoms with Crippen LogP contribution in [0.1, 0.15) is 25.3 Å². The van der Waals surface area contributed by atoms with E-state index in [1.54, 1.807) is 18.4 Å². The van der Waals surface area contributed by atoms with Crippen LogP contribution in [0.25, 0.3) is 11.3 Å². The maximum atomic E-state index is 5.49. The monoisotopic (exact) mass is 304 g/mol. The van der Waals surface area contributed by atoms with E-state index in [1.165, 1.54) is 5.56 Å². The molecular weight excluding hydrogens is 280 g/mol. The summed E-state index contributed by atoms with van der Waals surface area (Å²) >= 11 is 1.73. The maximum Gasteiger partial charge on any atom is 0.0949 e. The minimum absolute atomic E-state index is 0.181. The van der Waals surface area contributed by atoms with Crippen molar-refractivity contribution in [3.05, 3.63) is 40.7 Å². The third kappa shape index (κ3) is 4.63.